The van der Waals surface area contributed by atoms with Crippen LogP contribution < -0.4 is 0 Å². The average Bonchev–Trinajstić information content (AvgIpc) is 2.05. The van der Waals surface area contributed by atoms with Gasteiger partial charge in [-0.05, 0) is 18.1 Å². The van der Waals surface area contributed by atoms with Gasteiger partial charge in [-0.2, -0.15) is 0 Å². The lowest BCUT2D eigenvalue weighted by Crippen LogP contribution is -2.12. The molecule has 0 heterocycles. The van der Waals surface area contributed by atoms with Crippen molar-refractivity contribution >= 4 is 13.8 Å². The SMILES string of the molecule is CO[Si](C)=C1C=CC=CC1. The number of allylic oxidation sites excluding steroid dienone is 4. The van der Waals surface area contributed by atoms with Gasteiger partial charge in [0.2, 0.25) is 8.65 Å². The van der Waals surface area contributed by atoms with Crippen LogP contribution in [0.25, 0.3) is 0 Å². The Morgan fingerprint density at radius 3 is 2.80 bits per heavy atom. The van der Waals surface area contributed by atoms with Gasteiger partial charge in [0.25, 0.3) is 0 Å². The van der Waals surface area contributed by atoms with Crippen LogP contribution >= 0.6 is 0 Å². The molecule has 0 atom stereocenters. The Morgan fingerprint density at radius 2 is 2.30 bits per heavy atom. The largest absolute Gasteiger partial charge is 0.553 e. The third-order valence-corrected chi connectivity index (χ3v) is 3.53. The van der Waals surface area contributed by atoms with Crippen LogP contribution in [0.15, 0.2) is 24.3 Å². The summed E-state index contributed by atoms with van der Waals surface area (Å²) in [4.78, 5) is 0. The maximum atomic E-state index is 5.27. The monoisotopic (exact) mass is 152 g/mol. The lowest BCUT2D eigenvalue weighted by atomic mass is 10.2. The Bertz CT molecular complexity index is 201. The van der Waals surface area contributed by atoms with E-state index in [1.807, 2.05) is 0 Å². The Hall–Kier alpha value is -0.633. The second-order valence-electron chi connectivity index (χ2n) is 2.28. The van der Waals surface area contributed by atoms with E-state index in [-0.39, 0.29) is 0 Å². The van der Waals surface area contributed by atoms with Gasteiger partial charge in [-0.3, -0.25) is 0 Å². The van der Waals surface area contributed by atoms with Crippen LogP contribution in [-0.2, 0) is 4.43 Å². The van der Waals surface area contributed by atoms with Crippen LogP contribution in [-0.4, -0.2) is 20.9 Å². The van der Waals surface area contributed by atoms with E-state index in [2.05, 4.69) is 30.9 Å². The second-order valence-corrected chi connectivity index (χ2v) is 4.44. The molecule has 0 saturated carbocycles. The molecule has 0 fully saturated rings. The van der Waals surface area contributed by atoms with Gasteiger partial charge < -0.3 is 4.43 Å². The van der Waals surface area contributed by atoms with Gasteiger partial charge in [0, 0.05) is 0 Å². The molecule has 0 spiro atoms. The lowest BCUT2D eigenvalue weighted by molar-refractivity contribution is 0.441. The minimum Gasteiger partial charge on any atom is -0.553 e. The van der Waals surface area contributed by atoms with Crippen molar-refractivity contribution in [1.82, 2.24) is 0 Å². The van der Waals surface area contributed by atoms with Crippen LogP contribution in [0.5, 0.6) is 0 Å². The standard InChI is InChI=1S/C8H12OSi/c1-9-10(2)8-6-4-3-5-7-8/h3-6H,7H2,1-2H3. The Morgan fingerprint density at radius 1 is 1.50 bits per heavy atom. The number of rotatable bonds is 1. The first-order chi connectivity index (χ1) is 4.84. The van der Waals surface area contributed by atoms with Crippen LogP contribution in [0.4, 0.5) is 0 Å². The van der Waals surface area contributed by atoms with E-state index in [0.717, 1.165) is 6.42 Å². The first-order valence-electron chi connectivity index (χ1n) is 3.41. The van der Waals surface area contributed by atoms with Crippen LogP contribution in [0.1, 0.15) is 6.42 Å². The van der Waals surface area contributed by atoms with Gasteiger partial charge in [0.15, 0.2) is 0 Å². The molecule has 0 amide bonds. The molecular weight excluding hydrogens is 140 g/mol. The molecular formula is C8H12OSi. The molecule has 0 aromatic carbocycles. The summed E-state index contributed by atoms with van der Waals surface area (Å²) in [5, 5.41) is 1.45. The van der Waals surface area contributed by atoms with Crippen molar-refractivity contribution in [2.24, 2.45) is 0 Å². The normalized spacial score (nSPS) is 21.0. The van der Waals surface area contributed by atoms with E-state index >= 15 is 0 Å². The molecule has 0 N–H and O–H groups in total. The molecule has 0 saturated heterocycles. The fraction of sp³-hybridized carbons (Fsp3) is 0.375. The second kappa shape index (κ2) is 3.51. The van der Waals surface area contributed by atoms with E-state index in [1.54, 1.807) is 7.11 Å². The molecule has 0 radical (unpaired) electrons. The summed E-state index contributed by atoms with van der Waals surface area (Å²) in [6.07, 6.45) is 9.57. The molecule has 1 aliphatic carbocycles. The molecule has 0 bridgehead atoms. The molecule has 2 heteroatoms. The van der Waals surface area contributed by atoms with Crippen molar-refractivity contribution in [3.8, 4) is 0 Å². The fourth-order valence-electron chi connectivity index (χ4n) is 0.906. The number of hydrogen-bond acceptors (Lipinski definition) is 1. The van der Waals surface area contributed by atoms with Gasteiger partial charge in [-0.25, -0.2) is 0 Å². The molecule has 1 aliphatic rings. The van der Waals surface area contributed by atoms with Gasteiger partial charge in [0.05, 0.1) is 7.11 Å². The van der Waals surface area contributed by atoms with Gasteiger partial charge in [-0.1, -0.05) is 24.3 Å². The molecule has 1 rings (SSSR count). The Labute approximate surface area is 63.4 Å². The summed E-state index contributed by atoms with van der Waals surface area (Å²) in [7, 11) is 1.13. The van der Waals surface area contributed by atoms with Crippen molar-refractivity contribution in [3.63, 3.8) is 0 Å². The maximum Gasteiger partial charge on any atom is 0.231 e. The van der Waals surface area contributed by atoms with Crippen molar-refractivity contribution in [2.75, 3.05) is 7.11 Å². The van der Waals surface area contributed by atoms with Crippen molar-refractivity contribution in [3.05, 3.63) is 24.3 Å². The first-order valence-corrected chi connectivity index (χ1v) is 5.32. The van der Waals surface area contributed by atoms with Crippen molar-refractivity contribution in [1.29, 1.82) is 0 Å². The molecule has 54 valence electrons. The molecule has 10 heavy (non-hydrogen) atoms. The quantitative estimate of drug-likeness (QED) is 0.518. The average molecular weight is 152 g/mol. The van der Waals surface area contributed by atoms with Crippen LogP contribution in [0, 0.1) is 0 Å². The van der Waals surface area contributed by atoms with Crippen LogP contribution in [0.3, 0.4) is 0 Å². The summed E-state index contributed by atoms with van der Waals surface area (Å²) in [6.45, 7) is 2.17. The van der Waals surface area contributed by atoms with Crippen LogP contribution in [0.2, 0.25) is 6.55 Å². The molecule has 0 unspecified atom stereocenters. The topological polar surface area (TPSA) is 9.23 Å². The minimum atomic E-state index is -0.651. The lowest BCUT2D eigenvalue weighted by Gasteiger charge is -2.05. The minimum absolute atomic E-state index is 0.651. The summed E-state index contributed by atoms with van der Waals surface area (Å²) in [5.41, 5.74) is 0. The third-order valence-electron chi connectivity index (χ3n) is 1.64. The Kier molecular flexibility index (Phi) is 2.63. The number of hydrogen-bond donors (Lipinski definition) is 0. The highest BCUT2D eigenvalue weighted by molar-refractivity contribution is 6.67. The molecule has 1 nitrogen and oxygen atoms in total. The van der Waals surface area contributed by atoms with Gasteiger partial charge in [0.1, 0.15) is 0 Å². The fourth-order valence-corrected chi connectivity index (χ4v) is 1.90. The highest BCUT2D eigenvalue weighted by Crippen LogP contribution is 1.98. The summed E-state index contributed by atoms with van der Waals surface area (Å²) in [5.74, 6) is 0. The smallest absolute Gasteiger partial charge is 0.231 e. The zero-order valence-electron chi connectivity index (χ0n) is 6.42. The predicted molar refractivity (Wildman–Crippen MR) is 46.5 cm³/mol. The van der Waals surface area contributed by atoms with E-state index in [9.17, 15) is 0 Å². The highest BCUT2D eigenvalue weighted by Gasteiger charge is 1.99. The zero-order chi connectivity index (χ0) is 7.40. The van der Waals surface area contributed by atoms with Gasteiger partial charge in [-0.15, -0.1) is 0 Å². The molecule has 0 aromatic heterocycles. The van der Waals surface area contributed by atoms with E-state index < -0.39 is 8.65 Å². The van der Waals surface area contributed by atoms with Crippen molar-refractivity contribution in [2.45, 2.75) is 13.0 Å². The predicted octanol–water partition coefficient (Wildman–Crippen LogP) is 1.52. The Balaban J connectivity index is 2.74. The first kappa shape index (κ1) is 7.47. The summed E-state index contributed by atoms with van der Waals surface area (Å²) < 4.78 is 5.27. The van der Waals surface area contributed by atoms with E-state index in [1.165, 1.54) is 5.17 Å². The summed E-state index contributed by atoms with van der Waals surface area (Å²) >= 11 is 0. The van der Waals surface area contributed by atoms with Gasteiger partial charge >= 0.3 is 0 Å². The summed E-state index contributed by atoms with van der Waals surface area (Å²) in [6, 6.07) is 0. The zero-order valence-corrected chi connectivity index (χ0v) is 7.42. The van der Waals surface area contributed by atoms with E-state index in [4.69, 9.17) is 4.43 Å². The molecule has 0 aromatic rings. The third kappa shape index (κ3) is 1.67. The van der Waals surface area contributed by atoms with E-state index in [0.29, 0.717) is 0 Å². The maximum absolute atomic E-state index is 5.27. The van der Waals surface area contributed by atoms with Crippen molar-refractivity contribution < 1.29 is 4.43 Å². The molecule has 0 aliphatic heterocycles. The highest BCUT2D eigenvalue weighted by atomic mass is 28.3.